The monoisotopic (exact) mass is 495 g/mol. The van der Waals surface area contributed by atoms with Crippen LogP contribution in [0.2, 0.25) is 0 Å². The number of thioether (sulfide) groups is 1. The van der Waals surface area contributed by atoms with Crippen LogP contribution >= 0.6 is 11.8 Å². The summed E-state index contributed by atoms with van der Waals surface area (Å²) in [6.07, 6.45) is 0. The van der Waals surface area contributed by atoms with E-state index in [-0.39, 0.29) is 24.9 Å². The maximum atomic E-state index is 12.4. The van der Waals surface area contributed by atoms with E-state index in [1.807, 2.05) is 53.1 Å². The van der Waals surface area contributed by atoms with Crippen LogP contribution in [-0.2, 0) is 9.53 Å². The molecule has 0 aliphatic carbocycles. The average molecular weight is 496 g/mol. The van der Waals surface area contributed by atoms with Gasteiger partial charge in [0.25, 0.3) is 0 Å². The number of benzene rings is 2. The first-order chi connectivity index (χ1) is 17.0. The van der Waals surface area contributed by atoms with Crippen molar-refractivity contribution >= 4 is 23.8 Å². The predicted molar refractivity (Wildman–Crippen MR) is 131 cm³/mol. The van der Waals surface area contributed by atoms with Gasteiger partial charge in [-0.1, -0.05) is 23.9 Å². The minimum absolute atomic E-state index is 0.0954. The number of methoxy groups -OCH3 is 2. The SMILES string of the molecule is CCOC(=O)C1=C(CSc2nnc(-c3ccccc3OC)n2-c2ccc(OC)cc2)NC(=O)NC1. The summed E-state index contributed by atoms with van der Waals surface area (Å²) >= 11 is 1.34. The number of nitrogens with one attached hydrogen (secondary N) is 2. The molecule has 0 bridgehead atoms. The molecule has 0 saturated heterocycles. The molecule has 0 spiro atoms. The maximum absolute atomic E-state index is 12.4. The molecule has 182 valence electrons. The van der Waals surface area contributed by atoms with Crippen molar-refractivity contribution in [3.63, 3.8) is 0 Å². The first kappa shape index (κ1) is 24.1. The second-order valence-corrected chi connectivity index (χ2v) is 8.26. The number of ether oxygens (including phenoxy) is 3. The summed E-state index contributed by atoms with van der Waals surface area (Å²) in [5, 5.41) is 14.8. The molecule has 4 rings (SSSR count). The molecule has 0 radical (unpaired) electrons. The molecule has 0 atom stereocenters. The van der Waals surface area contributed by atoms with E-state index in [0.29, 0.717) is 28.0 Å². The Hall–Kier alpha value is -3.99. The molecule has 0 unspecified atom stereocenters. The van der Waals surface area contributed by atoms with Gasteiger partial charge in [0.15, 0.2) is 11.0 Å². The summed E-state index contributed by atoms with van der Waals surface area (Å²) in [5.41, 5.74) is 2.43. The van der Waals surface area contributed by atoms with Crippen LogP contribution in [0.1, 0.15) is 6.92 Å². The second-order valence-electron chi connectivity index (χ2n) is 7.31. The molecule has 2 heterocycles. The van der Waals surface area contributed by atoms with E-state index in [2.05, 4.69) is 20.8 Å². The number of carbonyl (C=O) groups excluding carboxylic acids is 2. The standard InChI is InChI=1S/C24H25N5O5S/c1-4-34-22(30)18-13-25-23(31)26-19(18)14-35-24-28-27-21(17-7-5-6-8-20(17)33-3)29(24)15-9-11-16(32-2)12-10-15/h5-12H,4,13-14H2,1-3H3,(H2,25,26,31). The van der Waals surface area contributed by atoms with Gasteiger partial charge >= 0.3 is 12.0 Å². The zero-order valence-corrected chi connectivity index (χ0v) is 20.3. The van der Waals surface area contributed by atoms with E-state index < -0.39 is 5.97 Å². The molecule has 1 aromatic heterocycles. The molecule has 0 saturated carbocycles. The highest BCUT2D eigenvalue weighted by Crippen LogP contribution is 2.34. The molecule has 10 nitrogen and oxygen atoms in total. The minimum Gasteiger partial charge on any atom is -0.497 e. The third-order valence-corrected chi connectivity index (χ3v) is 6.19. The van der Waals surface area contributed by atoms with Crippen LogP contribution in [0.4, 0.5) is 4.79 Å². The fourth-order valence-electron chi connectivity index (χ4n) is 3.54. The number of carbonyl (C=O) groups is 2. The normalized spacial score (nSPS) is 13.2. The van der Waals surface area contributed by atoms with Gasteiger partial charge in [0.05, 0.1) is 44.2 Å². The van der Waals surface area contributed by atoms with E-state index in [0.717, 1.165) is 17.0 Å². The van der Waals surface area contributed by atoms with Gasteiger partial charge in [0.1, 0.15) is 11.5 Å². The van der Waals surface area contributed by atoms with Crippen molar-refractivity contribution in [1.82, 2.24) is 25.4 Å². The minimum atomic E-state index is -0.470. The molecular weight excluding hydrogens is 470 g/mol. The number of aromatic nitrogens is 3. The number of hydrogen-bond donors (Lipinski definition) is 2. The molecule has 1 aliphatic rings. The summed E-state index contributed by atoms with van der Waals surface area (Å²) < 4.78 is 17.9. The largest absolute Gasteiger partial charge is 0.497 e. The number of rotatable bonds is 9. The molecular formula is C24H25N5O5S. The van der Waals surface area contributed by atoms with E-state index in [9.17, 15) is 9.59 Å². The molecule has 3 aromatic rings. The fraction of sp³-hybridized carbons (Fsp3) is 0.250. The van der Waals surface area contributed by atoms with Gasteiger partial charge in [-0.25, -0.2) is 9.59 Å². The molecule has 2 amide bonds. The second kappa shape index (κ2) is 11.0. The van der Waals surface area contributed by atoms with Crippen LogP contribution in [0.15, 0.2) is 65.0 Å². The fourth-order valence-corrected chi connectivity index (χ4v) is 4.48. The number of hydrogen-bond acceptors (Lipinski definition) is 8. The Bertz CT molecular complexity index is 1260. The summed E-state index contributed by atoms with van der Waals surface area (Å²) in [6, 6.07) is 14.7. The lowest BCUT2D eigenvalue weighted by Gasteiger charge is -2.21. The summed E-state index contributed by atoms with van der Waals surface area (Å²) in [5.74, 6) is 1.77. The van der Waals surface area contributed by atoms with Crippen molar-refractivity contribution in [2.24, 2.45) is 0 Å². The van der Waals surface area contributed by atoms with E-state index >= 15 is 0 Å². The van der Waals surface area contributed by atoms with Gasteiger partial charge < -0.3 is 24.8 Å². The highest BCUT2D eigenvalue weighted by Gasteiger charge is 2.25. The van der Waals surface area contributed by atoms with Gasteiger partial charge in [0.2, 0.25) is 0 Å². The Labute approximate surface area is 206 Å². The lowest BCUT2D eigenvalue weighted by atomic mass is 10.2. The van der Waals surface area contributed by atoms with Gasteiger partial charge in [-0.15, -0.1) is 10.2 Å². The smallest absolute Gasteiger partial charge is 0.337 e. The third-order valence-electron chi connectivity index (χ3n) is 5.23. The summed E-state index contributed by atoms with van der Waals surface area (Å²) in [6.45, 7) is 2.07. The Morgan fingerprint density at radius 2 is 1.86 bits per heavy atom. The average Bonchev–Trinajstić information content (AvgIpc) is 3.31. The number of esters is 1. The van der Waals surface area contributed by atoms with Gasteiger partial charge in [-0.3, -0.25) is 4.57 Å². The zero-order valence-electron chi connectivity index (χ0n) is 19.5. The van der Waals surface area contributed by atoms with E-state index in [1.165, 1.54) is 11.8 Å². The molecule has 11 heteroatoms. The van der Waals surface area contributed by atoms with Crippen LogP contribution in [0.25, 0.3) is 17.1 Å². The van der Waals surface area contributed by atoms with Crippen LogP contribution in [0.3, 0.4) is 0 Å². The zero-order chi connectivity index (χ0) is 24.8. The van der Waals surface area contributed by atoms with Crippen molar-refractivity contribution in [1.29, 1.82) is 0 Å². The highest BCUT2D eigenvalue weighted by molar-refractivity contribution is 7.99. The predicted octanol–water partition coefficient (Wildman–Crippen LogP) is 3.17. The lowest BCUT2D eigenvalue weighted by molar-refractivity contribution is -0.138. The first-order valence-electron chi connectivity index (χ1n) is 10.9. The van der Waals surface area contributed by atoms with Crippen LogP contribution < -0.4 is 20.1 Å². The molecule has 35 heavy (non-hydrogen) atoms. The van der Waals surface area contributed by atoms with Crippen molar-refractivity contribution in [3.8, 4) is 28.6 Å². The van der Waals surface area contributed by atoms with E-state index in [1.54, 1.807) is 21.1 Å². The number of nitrogens with zero attached hydrogens (tertiary/aromatic N) is 3. The number of urea groups is 1. The highest BCUT2D eigenvalue weighted by atomic mass is 32.2. The number of amides is 2. The Kier molecular flexibility index (Phi) is 7.56. The van der Waals surface area contributed by atoms with Gasteiger partial charge in [-0.2, -0.15) is 0 Å². The number of para-hydroxylation sites is 1. The van der Waals surface area contributed by atoms with Crippen LogP contribution in [0.5, 0.6) is 11.5 Å². The van der Waals surface area contributed by atoms with Crippen LogP contribution in [0, 0.1) is 0 Å². The third kappa shape index (κ3) is 5.24. The topological polar surface area (TPSA) is 117 Å². The lowest BCUT2D eigenvalue weighted by Crippen LogP contribution is -2.44. The van der Waals surface area contributed by atoms with Gasteiger partial charge in [0, 0.05) is 11.4 Å². The Balaban J connectivity index is 1.74. The van der Waals surface area contributed by atoms with Crippen molar-refractivity contribution in [2.45, 2.75) is 12.1 Å². The Morgan fingerprint density at radius 1 is 1.09 bits per heavy atom. The van der Waals surface area contributed by atoms with Crippen LogP contribution in [-0.4, -0.2) is 59.9 Å². The Morgan fingerprint density at radius 3 is 2.57 bits per heavy atom. The van der Waals surface area contributed by atoms with Crippen molar-refractivity contribution in [2.75, 3.05) is 33.1 Å². The molecule has 2 N–H and O–H groups in total. The van der Waals surface area contributed by atoms with Crippen molar-refractivity contribution < 1.29 is 23.8 Å². The van der Waals surface area contributed by atoms with Gasteiger partial charge in [-0.05, 0) is 43.3 Å². The van der Waals surface area contributed by atoms with E-state index in [4.69, 9.17) is 14.2 Å². The molecule has 1 aliphatic heterocycles. The summed E-state index contributed by atoms with van der Waals surface area (Å²) in [7, 11) is 3.21. The summed E-state index contributed by atoms with van der Waals surface area (Å²) in [4.78, 5) is 24.3. The maximum Gasteiger partial charge on any atom is 0.337 e. The molecule has 0 fully saturated rings. The first-order valence-corrected chi connectivity index (χ1v) is 11.8. The van der Waals surface area contributed by atoms with Crippen molar-refractivity contribution in [3.05, 3.63) is 59.8 Å². The molecule has 2 aromatic carbocycles. The quantitative estimate of drug-likeness (QED) is 0.344.